The van der Waals surface area contributed by atoms with Crippen LogP contribution < -0.4 is 5.32 Å². The molecule has 1 aromatic carbocycles. The van der Waals surface area contributed by atoms with Crippen molar-refractivity contribution in [1.29, 1.82) is 0 Å². The highest BCUT2D eigenvalue weighted by Gasteiger charge is 2.28. The quantitative estimate of drug-likeness (QED) is 0.439. The summed E-state index contributed by atoms with van der Waals surface area (Å²) in [4.78, 5) is 37.6. The number of carbonyl (C=O) groups is 3. The summed E-state index contributed by atoms with van der Waals surface area (Å²) in [7, 11) is 0. The van der Waals surface area contributed by atoms with Crippen LogP contribution in [0.3, 0.4) is 0 Å². The summed E-state index contributed by atoms with van der Waals surface area (Å²) in [5.74, 6) is -1.19. The van der Waals surface area contributed by atoms with E-state index in [2.05, 4.69) is 9.88 Å². The molecule has 0 spiro atoms. The van der Waals surface area contributed by atoms with E-state index in [1.54, 1.807) is 41.1 Å². The molecule has 0 aliphatic heterocycles. The van der Waals surface area contributed by atoms with Crippen LogP contribution in [0.2, 0.25) is 0 Å². The van der Waals surface area contributed by atoms with Crippen LogP contribution in [0.15, 0.2) is 47.2 Å². The van der Waals surface area contributed by atoms with Crippen LogP contribution in [0.5, 0.6) is 0 Å². The van der Waals surface area contributed by atoms with E-state index in [4.69, 9.17) is 4.74 Å². The van der Waals surface area contributed by atoms with Crippen molar-refractivity contribution in [2.45, 2.75) is 32.7 Å². The van der Waals surface area contributed by atoms with Gasteiger partial charge in [-0.15, -0.1) is 0 Å². The minimum atomic E-state index is -0.652. The fraction of sp³-hybridized carbons (Fsp3) is 0.261. The third kappa shape index (κ3) is 4.07. The number of nitrogens with zero attached hydrogens (tertiary/aromatic N) is 1. The van der Waals surface area contributed by atoms with E-state index in [-0.39, 0.29) is 23.9 Å². The van der Waals surface area contributed by atoms with Crippen LogP contribution in [0.25, 0.3) is 0 Å². The Kier molecular flexibility index (Phi) is 5.55. The Morgan fingerprint density at radius 3 is 2.60 bits per heavy atom. The van der Waals surface area contributed by atoms with Gasteiger partial charge in [0.2, 0.25) is 5.78 Å². The first kappa shape index (κ1) is 20.1. The highest BCUT2D eigenvalue weighted by atomic mass is 32.1. The molecule has 2 aromatic heterocycles. The predicted molar refractivity (Wildman–Crippen MR) is 116 cm³/mol. The summed E-state index contributed by atoms with van der Waals surface area (Å²) >= 11 is 1.42. The highest BCUT2D eigenvalue weighted by molar-refractivity contribution is 7.08. The van der Waals surface area contributed by atoms with Crippen LogP contribution >= 0.6 is 11.3 Å². The third-order valence-electron chi connectivity index (χ3n) is 5.21. The van der Waals surface area contributed by atoms with Crippen LogP contribution in [0, 0.1) is 13.8 Å². The van der Waals surface area contributed by atoms with E-state index in [0.717, 1.165) is 24.2 Å². The molecule has 0 saturated heterocycles. The smallest absolute Gasteiger partial charge is 0.340 e. The topological polar surface area (TPSA) is 77.4 Å². The van der Waals surface area contributed by atoms with Gasteiger partial charge in [-0.3, -0.25) is 9.59 Å². The lowest BCUT2D eigenvalue weighted by molar-refractivity contribution is 0.0475. The number of carbonyl (C=O) groups excluding carboxylic acids is 3. The second kappa shape index (κ2) is 8.28. The number of esters is 1. The Bertz CT molecular complexity index is 1110. The van der Waals surface area contributed by atoms with E-state index < -0.39 is 5.97 Å². The Morgan fingerprint density at radius 2 is 1.90 bits per heavy atom. The number of hydrogen-bond acceptors (Lipinski definition) is 5. The average molecular weight is 423 g/mol. The van der Waals surface area contributed by atoms with Gasteiger partial charge >= 0.3 is 5.97 Å². The first-order chi connectivity index (χ1) is 14.5. The van der Waals surface area contributed by atoms with E-state index in [1.807, 2.05) is 19.9 Å². The third-order valence-corrected chi connectivity index (χ3v) is 5.89. The maximum absolute atomic E-state index is 12.7. The fourth-order valence-corrected chi connectivity index (χ4v) is 4.23. The number of benzene rings is 1. The van der Waals surface area contributed by atoms with Crippen molar-refractivity contribution >= 4 is 34.7 Å². The van der Waals surface area contributed by atoms with Crippen molar-refractivity contribution in [3.63, 3.8) is 0 Å². The molecule has 0 unspecified atom stereocenters. The Morgan fingerprint density at radius 1 is 1.13 bits per heavy atom. The molecule has 1 N–H and O–H groups in total. The molecular formula is C23H22N2O4S. The zero-order valence-electron chi connectivity index (χ0n) is 16.8. The van der Waals surface area contributed by atoms with Gasteiger partial charge in [0.05, 0.1) is 16.8 Å². The zero-order chi connectivity index (χ0) is 21.3. The number of thiophene rings is 1. The van der Waals surface area contributed by atoms with E-state index in [1.165, 1.54) is 11.3 Å². The van der Waals surface area contributed by atoms with Crippen LogP contribution in [0.4, 0.5) is 5.69 Å². The van der Waals surface area contributed by atoms with Gasteiger partial charge in [-0.2, -0.15) is 11.3 Å². The summed E-state index contributed by atoms with van der Waals surface area (Å²) < 4.78 is 7.48. The minimum absolute atomic E-state index is 0.206. The molecule has 1 amide bonds. The number of anilines is 1. The molecule has 6 nitrogen and oxygen atoms in total. The van der Waals surface area contributed by atoms with Gasteiger partial charge in [0.15, 0.2) is 6.61 Å². The predicted octanol–water partition coefficient (Wildman–Crippen LogP) is 4.79. The Hall–Kier alpha value is -3.19. The SMILES string of the molecule is Cc1cc(C(=O)COC(=O)c2ccccc2NC(=O)c2ccsc2)c(C)n1C1CC1. The number of aromatic nitrogens is 1. The van der Waals surface area contributed by atoms with Gasteiger partial charge in [0.1, 0.15) is 0 Å². The second-order valence-electron chi connectivity index (χ2n) is 7.40. The molecule has 0 radical (unpaired) electrons. The van der Waals surface area contributed by atoms with Crippen molar-refractivity contribution in [1.82, 2.24) is 4.57 Å². The molecule has 4 rings (SSSR count). The molecule has 154 valence electrons. The first-order valence-electron chi connectivity index (χ1n) is 9.77. The number of nitrogens with one attached hydrogen (secondary N) is 1. The second-order valence-corrected chi connectivity index (χ2v) is 8.18. The van der Waals surface area contributed by atoms with Crippen molar-refractivity contribution in [2.75, 3.05) is 11.9 Å². The highest BCUT2D eigenvalue weighted by Crippen LogP contribution is 2.38. The number of ketones is 1. The molecule has 1 aliphatic rings. The molecule has 1 fully saturated rings. The molecule has 0 atom stereocenters. The molecule has 3 aromatic rings. The van der Waals surface area contributed by atoms with Crippen LogP contribution in [-0.2, 0) is 4.74 Å². The van der Waals surface area contributed by atoms with Crippen molar-refractivity contribution in [3.8, 4) is 0 Å². The van der Waals surface area contributed by atoms with Gasteiger partial charge in [-0.05, 0) is 56.3 Å². The van der Waals surface area contributed by atoms with Gasteiger partial charge in [0.25, 0.3) is 5.91 Å². The lowest BCUT2D eigenvalue weighted by atomic mass is 10.1. The minimum Gasteiger partial charge on any atom is -0.454 e. The summed E-state index contributed by atoms with van der Waals surface area (Å²) in [5.41, 5.74) is 3.62. The zero-order valence-corrected chi connectivity index (χ0v) is 17.6. The normalized spacial score (nSPS) is 13.1. The lowest BCUT2D eigenvalue weighted by Crippen LogP contribution is -2.18. The summed E-state index contributed by atoms with van der Waals surface area (Å²) in [6.07, 6.45) is 2.26. The van der Waals surface area contributed by atoms with E-state index in [9.17, 15) is 14.4 Å². The monoisotopic (exact) mass is 422 g/mol. The maximum Gasteiger partial charge on any atom is 0.340 e. The van der Waals surface area contributed by atoms with E-state index >= 15 is 0 Å². The number of ether oxygens (including phenoxy) is 1. The summed E-state index contributed by atoms with van der Waals surface area (Å²) in [6.45, 7) is 3.57. The number of rotatable bonds is 7. The molecule has 2 heterocycles. The van der Waals surface area contributed by atoms with Gasteiger partial charge in [0, 0.05) is 28.4 Å². The standard InChI is InChI=1S/C23H22N2O4S/c1-14-11-19(15(2)25(14)17-7-8-17)21(26)12-29-23(28)18-5-3-4-6-20(18)24-22(27)16-9-10-30-13-16/h3-6,9-11,13,17H,7-8,12H2,1-2H3,(H,24,27). The number of amides is 1. The molecule has 30 heavy (non-hydrogen) atoms. The molecule has 0 bridgehead atoms. The number of Topliss-reactive ketones (excluding diaryl/α,β-unsaturated/α-hetero) is 1. The van der Waals surface area contributed by atoms with Crippen LogP contribution in [-0.4, -0.2) is 28.8 Å². The Labute approximate surface area is 178 Å². The van der Waals surface area contributed by atoms with E-state index in [0.29, 0.717) is 22.9 Å². The largest absolute Gasteiger partial charge is 0.454 e. The molecule has 1 saturated carbocycles. The Balaban J connectivity index is 1.44. The maximum atomic E-state index is 12.7. The molecular weight excluding hydrogens is 400 g/mol. The number of hydrogen-bond donors (Lipinski definition) is 1. The van der Waals surface area contributed by atoms with Gasteiger partial charge in [-0.1, -0.05) is 12.1 Å². The summed E-state index contributed by atoms with van der Waals surface area (Å²) in [6, 6.07) is 10.6. The van der Waals surface area contributed by atoms with Crippen molar-refractivity contribution in [3.05, 3.63) is 75.2 Å². The average Bonchev–Trinajstić information content (AvgIpc) is 3.30. The molecule has 1 aliphatic carbocycles. The van der Waals surface area contributed by atoms with Gasteiger partial charge < -0.3 is 14.6 Å². The van der Waals surface area contributed by atoms with Crippen molar-refractivity contribution in [2.24, 2.45) is 0 Å². The first-order valence-corrected chi connectivity index (χ1v) is 10.7. The fourth-order valence-electron chi connectivity index (χ4n) is 3.60. The lowest BCUT2D eigenvalue weighted by Gasteiger charge is -2.11. The number of aryl methyl sites for hydroxylation is 1. The molecule has 7 heteroatoms. The van der Waals surface area contributed by atoms with Gasteiger partial charge in [-0.25, -0.2) is 4.79 Å². The van der Waals surface area contributed by atoms with Crippen LogP contribution in [0.1, 0.15) is 61.3 Å². The number of para-hydroxylation sites is 1. The van der Waals surface area contributed by atoms with Crippen molar-refractivity contribution < 1.29 is 19.1 Å². The summed E-state index contributed by atoms with van der Waals surface area (Å²) in [5, 5.41) is 6.27.